The van der Waals surface area contributed by atoms with Crippen LogP contribution >= 0.6 is 0 Å². The zero-order valence-electron chi connectivity index (χ0n) is 20.7. The smallest absolute Gasteiger partial charge is 0.224 e. The van der Waals surface area contributed by atoms with E-state index in [0.717, 1.165) is 47.6 Å². The standard InChI is InChI=1S/C32H34N2O2/c35-31(19-27-14-6-12-25-10-1-3-16-29(25)27)33-21-23-8-5-9-24(18-23)22-34-32(36)20-28-15-7-13-26-11-2-4-17-30(26)28/h1-4,6-7,10-17,23-24H,5,8-9,18-22H2,(H,33,35)(H,34,36)/t23-,24-/m0/s1. The Balaban J connectivity index is 1.08. The highest BCUT2D eigenvalue weighted by Crippen LogP contribution is 2.28. The summed E-state index contributed by atoms with van der Waals surface area (Å²) >= 11 is 0. The lowest BCUT2D eigenvalue weighted by Crippen LogP contribution is -2.36. The molecule has 2 atom stereocenters. The van der Waals surface area contributed by atoms with Crippen LogP contribution in [0.2, 0.25) is 0 Å². The first kappa shape index (κ1) is 24.1. The normalized spacial score (nSPS) is 17.7. The van der Waals surface area contributed by atoms with Crippen LogP contribution in [0.1, 0.15) is 36.8 Å². The van der Waals surface area contributed by atoms with Crippen LogP contribution in [-0.4, -0.2) is 24.9 Å². The molecule has 2 amide bonds. The molecule has 1 fully saturated rings. The van der Waals surface area contributed by atoms with Crippen LogP contribution in [0.4, 0.5) is 0 Å². The van der Waals surface area contributed by atoms with Crippen LogP contribution in [-0.2, 0) is 22.4 Å². The Morgan fingerprint density at radius 1 is 0.611 bits per heavy atom. The maximum atomic E-state index is 12.7. The number of fused-ring (bicyclic) bond motifs is 2. The molecular weight excluding hydrogens is 444 g/mol. The number of carbonyl (C=O) groups excluding carboxylic acids is 2. The molecule has 4 heteroatoms. The Morgan fingerprint density at radius 3 is 1.56 bits per heavy atom. The quantitative estimate of drug-likeness (QED) is 0.335. The number of rotatable bonds is 8. The molecule has 0 radical (unpaired) electrons. The van der Waals surface area contributed by atoms with E-state index in [1.54, 1.807) is 0 Å². The Morgan fingerprint density at radius 2 is 1.06 bits per heavy atom. The van der Waals surface area contributed by atoms with Crippen molar-refractivity contribution in [2.45, 2.75) is 38.5 Å². The molecule has 5 rings (SSSR count). The molecule has 2 N–H and O–H groups in total. The number of carbonyl (C=O) groups is 2. The molecule has 4 aromatic carbocycles. The van der Waals surface area contributed by atoms with E-state index < -0.39 is 0 Å². The first-order valence-corrected chi connectivity index (χ1v) is 13.1. The molecule has 4 nitrogen and oxygen atoms in total. The van der Waals surface area contributed by atoms with E-state index in [4.69, 9.17) is 0 Å². The number of hydrogen-bond acceptors (Lipinski definition) is 2. The molecule has 1 aliphatic carbocycles. The highest BCUT2D eigenvalue weighted by atomic mass is 16.2. The van der Waals surface area contributed by atoms with Crippen molar-refractivity contribution in [3.05, 3.63) is 96.1 Å². The van der Waals surface area contributed by atoms with E-state index in [9.17, 15) is 9.59 Å². The Kier molecular flexibility index (Phi) is 7.61. The first-order chi connectivity index (χ1) is 17.7. The molecule has 0 aliphatic heterocycles. The van der Waals surface area contributed by atoms with Crippen LogP contribution in [0.5, 0.6) is 0 Å². The predicted molar refractivity (Wildman–Crippen MR) is 147 cm³/mol. The van der Waals surface area contributed by atoms with Crippen LogP contribution in [0.25, 0.3) is 21.5 Å². The molecule has 0 heterocycles. The predicted octanol–water partition coefficient (Wildman–Crippen LogP) is 5.82. The zero-order chi connectivity index (χ0) is 24.7. The molecule has 0 aromatic heterocycles. The molecule has 1 saturated carbocycles. The lowest BCUT2D eigenvalue weighted by atomic mass is 9.81. The summed E-state index contributed by atoms with van der Waals surface area (Å²) in [5.74, 6) is 1.10. The maximum absolute atomic E-state index is 12.7. The fourth-order valence-electron chi connectivity index (χ4n) is 5.65. The minimum absolute atomic E-state index is 0.0804. The third kappa shape index (κ3) is 5.93. The highest BCUT2D eigenvalue weighted by molar-refractivity contribution is 5.91. The third-order valence-electron chi connectivity index (χ3n) is 7.53. The van der Waals surface area contributed by atoms with Gasteiger partial charge < -0.3 is 10.6 Å². The van der Waals surface area contributed by atoms with E-state index in [0.29, 0.717) is 37.8 Å². The summed E-state index contributed by atoms with van der Waals surface area (Å²) in [6.45, 7) is 1.42. The van der Waals surface area contributed by atoms with Gasteiger partial charge in [-0.05, 0) is 63.8 Å². The monoisotopic (exact) mass is 478 g/mol. The summed E-state index contributed by atoms with van der Waals surface area (Å²) in [5, 5.41) is 11.0. The number of amides is 2. The van der Waals surface area contributed by atoms with Gasteiger partial charge >= 0.3 is 0 Å². The molecule has 1 aliphatic rings. The largest absolute Gasteiger partial charge is 0.356 e. The van der Waals surface area contributed by atoms with Gasteiger partial charge in [0.05, 0.1) is 12.8 Å². The summed E-state index contributed by atoms with van der Waals surface area (Å²) in [5.41, 5.74) is 2.14. The minimum atomic E-state index is 0.0804. The van der Waals surface area contributed by atoms with Gasteiger partial charge in [-0.25, -0.2) is 0 Å². The van der Waals surface area contributed by atoms with Crippen molar-refractivity contribution < 1.29 is 9.59 Å². The van der Waals surface area contributed by atoms with Gasteiger partial charge in [-0.15, -0.1) is 0 Å². The van der Waals surface area contributed by atoms with Crippen molar-refractivity contribution in [3.8, 4) is 0 Å². The SMILES string of the molecule is O=C(Cc1cccc2ccccc12)NC[C@H]1CCC[C@H](CNC(=O)Cc2cccc3ccccc23)C1. The van der Waals surface area contributed by atoms with Crippen molar-refractivity contribution in [2.24, 2.45) is 11.8 Å². The van der Waals surface area contributed by atoms with Crippen molar-refractivity contribution in [2.75, 3.05) is 13.1 Å². The van der Waals surface area contributed by atoms with Crippen molar-refractivity contribution in [3.63, 3.8) is 0 Å². The Bertz CT molecular complexity index is 1250. The molecule has 0 saturated heterocycles. The van der Waals surface area contributed by atoms with Crippen LogP contribution < -0.4 is 10.6 Å². The van der Waals surface area contributed by atoms with Gasteiger partial charge in [0, 0.05) is 13.1 Å². The molecule has 0 unspecified atom stereocenters. The molecule has 36 heavy (non-hydrogen) atoms. The fourth-order valence-corrected chi connectivity index (χ4v) is 5.65. The molecule has 0 spiro atoms. The number of benzene rings is 4. The Labute approximate surface area is 213 Å². The molecule has 0 bridgehead atoms. The second kappa shape index (κ2) is 11.4. The zero-order valence-corrected chi connectivity index (χ0v) is 20.7. The van der Waals surface area contributed by atoms with Crippen LogP contribution in [0.15, 0.2) is 84.9 Å². The van der Waals surface area contributed by atoms with Gasteiger partial charge in [-0.1, -0.05) is 91.3 Å². The van der Waals surface area contributed by atoms with Gasteiger partial charge in [0.1, 0.15) is 0 Å². The topological polar surface area (TPSA) is 58.2 Å². The van der Waals surface area contributed by atoms with Gasteiger partial charge in [-0.2, -0.15) is 0 Å². The van der Waals surface area contributed by atoms with Crippen molar-refractivity contribution in [1.82, 2.24) is 10.6 Å². The highest BCUT2D eigenvalue weighted by Gasteiger charge is 2.23. The van der Waals surface area contributed by atoms with E-state index in [-0.39, 0.29) is 11.8 Å². The first-order valence-electron chi connectivity index (χ1n) is 13.1. The maximum Gasteiger partial charge on any atom is 0.224 e. The lowest BCUT2D eigenvalue weighted by Gasteiger charge is -2.29. The van der Waals surface area contributed by atoms with Gasteiger partial charge in [0.2, 0.25) is 11.8 Å². The molecule has 184 valence electrons. The Hall–Kier alpha value is -3.66. The molecular formula is C32H34N2O2. The van der Waals surface area contributed by atoms with Gasteiger partial charge in [0.15, 0.2) is 0 Å². The van der Waals surface area contributed by atoms with Crippen LogP contribution in [0.3, 0.4) is 0 Å². The van der Waals surface area contributed by atoms with E-state index in [2.05, 4.69) is 47.0 Å². The summed E-state index contributed by atoms with van der Waals surface area (Å²) in [6.07, 6.45) is 5.27. The van der Waals surface area contributed by atoms with Gasteiger partial charge in [-0.3, -0.25) is 9.59 Å². The van der Waals surface area contributed by atoms with Crippen molar-refractivity contribution in [1.29, 1.82) is 0 Å². The van der Waals surface area contributed by atoms with E-state index in [1.165, 1.54) is 10.8 Å². The van der Waals surface area contributed by atoms with E-state index in [1.807, 2.05) is 48.5 Å². The number of nitrogens with one attached hydrogen (secondary N) is 2. The van der Waals surface area contributed by atoms with Crippen molar-refractivity contribution >= 4 is 33.4 Å². The average Bonchev–Trinajstić information content (AvgIpc) is 2.91. The second-order valence-corrected chi connectivity index (χ2v) is 10.1. The lowest BCUT2D eigenvalue weighted by molar-refractivity contribution is -0.121. The van der Waals surface area contributed by atoms with Gasteiger partial charge in [0.25, 0.3) is 0 Å². The second-order valence-electron chi connectivity index (χ2n) is 10.1. The fraction of sp³-hybridized carbons (Fsp3) is 0.312. The summed E-state index contributed by atoms with van der Waals surface area (Å²) in [4.78, 5) is 25.4. The number of hydrogen-bond donors (Lipinski definition) is 2. The summed E-state index contributed by atoms with van der Waals surface area (Å²) < 4.78 is 0. The molecule has 4 aromatic rings. The van der Waals surface area contributed by atoms with Crippen LogP contribution in [0, 0.1) is 11.8 Å². The summed E-state index contributed by atoms with van der Waals surface area (Å²) in [6, 6.07) is 28.7. The average molecular weight is 479 g/mol. The summed E-state index contributed by atoms with van der Waals surface area (Å²) in [7, 11) is 0. The van der Waals surface area contributed by atoms with E-state index >= 15 is 0 Å². The minimum Gasteiger partial charge on any atom is -0.356 e. The third-order valence-corrected chi connectivity index (χ3v) is 7.53.